The molecule has 0 aliphatic carbocycles. The second-order valence-corrected chi connectivity index (χ2v) is 12.0. The summed E-state index contributed by atoms with van der Waals surface area (Å²) in [5.41, 5.74) is -1.38. The molecular formula is C38H39N3O19. The average Bonchev–Trinajstić information content (AvgIpc) is 3.23. The molecule has 4 aromatic rings. The van der Waals surface area contributed by atoms with Gasteiger partial charge in [0.1, 0.15) is 6.54 Å². The number of carboxylic acids is 1. The topological polar surface area (TPSA) is 264 Å². The van der Waals surface area contributed by atoms with Gasteiger partial charge in [-0.1, -0.05) is 18.2 Å². The summed E-state index contributed by atoms with van der Waals surface area (Å²) < 4.78 is 40.5. The van der Waals surface area contributed by atoms with E-state index in [4.69, 9.17) is 28.3 Å². The molecule has 0 aliphatic rings. The van der Waals surface area contributed by atoms with E-state index in [2.05, 4.69) is 19.1 Å². The Kier molecular flexibility index (Phi) is 16.0. The smallest absolute Gasteiger partial charge is 0.492 e. The van der Waals surface area contributed by atoms with Crippen molar-refractivity contribution in [3.8, 4) is 28.7 Å². The van der Waals surface area contributed by atoms with E-state index in [0.717, 1.165) is 30.8 Å². The van der Waals surface area contributed by atoms with Crippen molar-refractivity contribution in [2.24, 2.45) is 0 Å². The van der Waals surface area contributed by atoms with Gasteiger partial charge in [-0.2, -0.15) is 4.89 Å². The summed E-state index contributed by atoms with van der Waals surface area (Å²) in [5.74, 6) is -5.44. The zero-order valence-electron chi connectivity index (χ0n) is 32.8. The van der Waals surface area contributed by atoms with E-state index < -0.39 is 65.6 Å². The van der Waals surface area contributed by atoms with Crippen LogP contribution in [0.4, 0.5) is 14.4 Å². The number of ether oxygens (including phenoxy) is 7. The molecule has 0 atom stereocenters. The molecule has 0 spiro atoms. The SMILES string of the molecule is COOc1cccc2c(=O)n(CCCN(CCCN(CC(=O)O)C(=O)c3cccc(OC(=O)OC)c3OC)C(=O)c3cccc(OC(=O)OC)c3OC(=O)OC)c(=O)oc12. The minimum absolute atomic E-state index is 0.00804. The summed E-state index contributed by atoms with van der Waals surface area (Å²) in [6.07, 6.45) is -3.75. The van der Waals surface area contributed by atoms with Gasteiger partial charge in [0.2, 0.25) is 5.75 Å². The molecule has 60 heavy (non-hydrogen) atoms. The molecule has 0 unspecified atom stereocenters. The third kappa shape index (κ3) is 11.1. The fraction of sp³-hybridized carbons (Fsp3) is 0.316. The zero-order valence-corrected chi connectivity index (χ0v) is 32.8. The van der Waals surface area contributed by atoms with E-state index in [1.165, 1.54) is 73.7 Å². The van der Waals surface area contributed by atoms with Crippen molar-refractivity contribution >= 4 is 47.2 Å². The Morgan fingerprint density at radius 1 is 0.650 bits per heavy atom. The molecule has 1 aromatic heterocycles. The molecular weight excluding hydrogens is 802 g/mol. The third-order valence-corrected chi connectivity index (χ3v) is 8.30. The van der Waals surface area contributed by atoms with Gasteiger partial charge in [-0.25, -0.2) is 23.7 Å². The molecule has 4 rings (SSSR count). The molecule has 22 nitrogen and oxygen atoms in total. The first kappa shape index (κ1) is 45.1. The Labute approximate surface area is 339 Å². The lowest BCUT2D eigenvalue weighted by Gasteiger charge is -2.27. The van der Waals surface area contributed by atoms with E-state index in [0.29, 0.717) is 0 Å². The lowest BCUT2D eigenvalue weighted by atomic mass is 10.1. The van der Waals surface area contributed by atoms with Crippen molar-refractivity contribution in [3.05, 3.63) is 86.6 Å². The maximum atomic E-state index is 14.3. The Hall–Kier alpha value is -7.62. The summed E-state index contributed by atoms with van der Waals surface area (Å²) in [6.45, 7) is -1.79. The second-order valence-electron chi connectivity index (χ2n) is 12.0. The van der Waals surface area contributed by atoms with Crippen LogP contribution in [0.1, 0.15) is 33.6 Å². The van der Waals surface area contributed by atoms with E-state index in [1.54, 1.807) is 0 Å². The summed E-state index contributed by atoms with van der Waals surface area (Å²) in [7, 11) is 5.52. The zero-order chi connectivity index (χ0) is 43.9. The summed E-state index contributed by atoms with van der Waals surface area (Å²) >= 11 is 0. The molecule has 0 bridgehead atoms. The minimum Gasteiger partial charge on any atom is -0.492 e. The third-order valence-electron chi connectivity index (χ3n) is 8.30. The van der Waals surface area contributed by atoms with E-state index in [-0.39, 0.29) is 78.4 Å². The molecule has 0 saturated heterocycles. The first-order valence-electron chi connectivity index (χ1n) is 17.5. The van der Waals surface area contributed by atoms with Crippen molar-refractivity contribution in [2.45, 2.75) is 19.4 Å². The summed E-state index contributed by atoms with van der Waals surface area (Å²) in [5, 5.41) is 9.71. The van der Waals surface area contributed by atoms with Gasteiger partial charge in [0.15, 0.2) is 28.6 Å². The van der Waals surface area contributed by atoms with Crippen LogP contribution in [0.3, 0.4) is 0 Å². The highest BCUT2D eigenvalue weighted by atomic mass is 17.2. The molecule has 0 aliphatic heterocycles. The molecule has 0 saturated carbocycles. The number of hydrogen-bond acceptors (Lipinski definition) is 18. The maximum absolute atomic E-state index is 14.3. The molecule has 3 aromatic carbocycles. The first-order valence-corrected chi connectivity index (χ1v) is 17.5. The minimum atomic E-state index is -1.38. The van der Waals surface area contributed by atoms with Crippen LogP contribution in [0.15, 0.2) is 68.6 Å². The Balaban J connectivity index is 1.69. The number of benzene rings is 3. The number of aliphatic carboxylic acids is 1. The van der Waals surface area contributed by atoms with Gasteiger partial charge in [-0.15, -0.1) is 0 Å². The maximum Gasteiger partial charge on any atom is 0.513 e. The number of aromatic nitrogens is 1. The lowest BCUT2D eigenvalue weighted by Crippen LogP contribution is -2.40. The van der Waals surface area contributed by atoms with Gasteiger partial charge < -0.3 is 57.4 Å². The number of nitrogens with zero attached hydrogens (tertiary/aromatic N) is 3. The fourth-order valence-electron chi connectivity index (χ4n) is 5.68. The van der Waals surface area contributed by atoms with Crippen LogP contribution in [0, 0.1) is 0 Å². The number of hydrogen-bond donors (Lipinski definition) is 1. The number of fused-ring (bicyclic) bond motifs is 1. The monoisotopic (exact) mass is 841 g/mol. The molecule has 1 heterocycles. The standard InChI is InChI=1S/C38H39N3O19/c1-51-29-22(11-6-14-25(29)56-36(48)52-2)33(45)40(21-28(42)43)19-9-17-39(32(44)23-12-7-15-26(57-37(49)53-3)30(23)59-38(50)54-4)18-10-20-41-34(46)24-13-8-16-27(60-55-5)31(24)58-35(41)47/h6-8,11-16H,9-10,17-21H2,1-5H3,(H,42,43). The van der Waals surface area contributed by atoms with Crippen LogP contribution in [-0.4, -0.2) is 117 Å². The molecule has 0 radical (unpaired) electrons. The van der Waals surface area contributed by atoms with Crippen LogP contribution < -0.4 is 35.2 Å². The number of carbonyl (C=O) groups is 6. The highest BCUT2D eigenvalue weighted by Gasteiger charge is 2.28. The number of carbonyl (C=O) groups excluding carboxylic acids is 5. The van der Waals surface area contributed by atoms with Crippen molar-refractivity contribution in [3.63, 3.8) is 0 Å². The number of carboxylic acid groups (broad SMARTS) is 1. The summed E-state index contributed by atoms with van der Waals surface area (Å²) in [6, 6.07) is 12.1. The van der Waals surface area contributed by atoms with Crippen molar-refractivity contribution in [1.82, 2.24) is 14.4 Å². The average molecular weight is 842 g/mol. The van der Waals surface area contributed by atoms with Gasteiger partial charge >= 0.3 is 30.2 Å². The van der Waals surface area contributed by atoms with Gasteiger partial charge in [-0.05, 0) is 49.2 Å². The number of rotatable bonds is 18. The van der Waals surface area contributed by atoms with Crippen LogP contribution in [0.2, 0.25) is 0 Å². The number of amides is 2. The van der Waals surface area contributed by atoms with Gasteiger partial charge in [0.25, 0.3) is 17.4 Å². The van der Waals surface area contributed by atoms with Crippen LogP contribution in [-0.2, 0) is 30.4 Å². The highest BCUT2D eigenvalue weighted by Crippen LogP contribution is 2.34. The van der Waals surface area contributed by atoms with Crippen molar-refractivity contribution in [1.29, 1.82) is 0 Å². The van der Waals surface area contributed by atoms with Crippen LogP contribution in [0.25, 0.3) is 11.0 Å². The van der Waals surface area contributed by atoms with Crippen molar-refractivity contribution < 1.29 is 81.2 Å². The second kappa shape index (κ2) is 21.2. The molecule has 22 heteroatoms. The van der Waals surface area contributed by atoms with Crippen LogP contribution in [0.5, 0.6) is 28.7 Å². The quantitative estimate of drug-likeness (QED) is 0.0494. The number of para-hydroxylation sites is 3. The van der Waals surface area contributed by atoms with Crippen LogP contribution >= 0.6 is 0 Å². The van der Waals surface area contributed by atoms with Crippen molar-refractivity contribution in [2.75, 3.05) is 61.7 Å². The molecule has 320 valence electrons. The Morgan fingerprint density at radius 3 is 1.75 bits per heavy atom. The fourth-order valence-corrected chi connectivity index (χ4v) is 5.68. The Morgan fingerprint density at radius 2 is 1.17 bits per heavy atom. The van der Waals surface area contributed by atoms with Gasteiger partial charge in [-0.3, -0.25) is 19.2 Å². The lowest BCUT2D eigenvalue weighted by molar-refractivity contribution is -0.177. The normalized spacial score (nSPS) is 10.6. The molecule has 1 N–H and O–H groups in total. The largest absolute Gasteiger partial charge is 0.513 e. The molecule has 0 fully saturated rings. The predicted octanol–water partition coefficient (Wildman–Crippen LogP) is 3.49. The first-order chi connectivity index (χ1) is 28.8. The highest BCUT2D eigenvalue weighted by molar-refractivity contribution is 6.00. The van der Waals surface area contributed by atoms with Gasteiger partial charge in [0, 0.05) is 26.2 Å². The van der Waals surface area contributed by atoms with E-state index >= 15 is 0 Å². The molecule has 2 amide bonds. The van der Waals surface area contributed by atoms with Gasteiger partial charge in [0.05, 0.1) is 52.1 Å². The van der Waals surface area contributed by atoms with E-state index in [1.807, 2.05) is 0 Å². The van der Waals surface area contributed by atoms with E-state index in [9.17, 15) is 43.5 Å². The predicted molar refractivity (Wildman–Crippen MR) is 202 cm³/mol. The Bertz CT molecular complexity index is 2350. The summed E-state index contributed by atoms with van der Waals surface area (Å²) in [4.78, 5) is 114. The number of methoxy groups -OCH3 is 4.